The van der Waals surface area contributed by atoms with Gasteiger partial charge in [0, 0.05) is 17.5 Å². The molecule has 2 heterocycles. The second kappa shape index (κ2) is 6.79. The van der Waals surface area contributed by atoms with E-state index in [-0.39, 0.29) is 11.9 Å². The molecule has 0 bridgehead atoms. The van der Waals surface area contributed by atoms with Crippen LogP contribution in [0.15, 0.2) is 29.4 Å². The van der Waals surface area contributed by atoms with E-state index in [9.17, 15) is 4.79 Å². The third-order valence-electron chi connectivity index (χ3n) is 4.92. The molecular weight excluding hydrogens is 348 g/mol. The fourth-order valence-electron chi connectivity index (χ4n) is 3.26. The Morgan fingerprint density at radius 1 is 1.38 bits per heavy atom. The number of methoxy groups -OCH3 is 1. The van der Waals surface area contributed by atoms with Gasteiger partial charge >= 0.3 is 0 Å². The van der Waals surface area contributed by atoms with Crippen LogP contribution in [0.25, 0.3) is 16.6 Å². The van der Waals surface area contributed by atoms with Crippen molar-refractivity contribution in [2.24, 2.45) is 5.92 Å². The molecule has 4 rings (SSSR count). The van der Waals surface area contributed by atoms with Gasteiger partial charge in [-0.3, -0.25) is 9.20 Å². The summed E-state index contributed by atoms with van der Waals surface area (Å²) in [5, 5.41) is 13.5. The van der Waals surface area contributed by atoms with Crippen molar-refractivity contribution in [3.05, 3.63) is 29.8 Å². The monoisotopic (exact) mass is 370 g/mol. The molecule has 7 heteroatoms. The predicted octanol–water partition coefficient (Wildman–Crippen LogP) is 3.21. The van der Waals surface area contributed by atoms with Crippen molar-refractivity contribution in [2.75, 3.05) is 12.9 Å². The molecular formula is C19H22N4O2S. The summed E-state index contributed by atoms with van der Waals surface area (Å²) in [5.74, 6) is 1.81. The van der Waals surface area contributed by atoms with Gasteiger partial charge in [0.2, 0.25) is 5.91 Å². The summed E-state index contributed by atoms with van der Waals surface area (Å²) in [6.45, 7) is 4.14. The van der Waals surface area contributed by atoms with Crippen LogP contribution in [0.1, 0.15) is 25.3 Å². The lowest BCUT2D eigenvalue weighted by atomic mass is 10.1. The molecule has 1 saturated carbocycles. The molecule has 1 aliphatic carbocycles. The van der Waals surface area contributed by atoms with Crippen molar-refractivity contribution in [2.45, 2.75) is 37.9 Å². The zero-order valence-corrected chi connectivity index (χ0v) is 16.0. The highest BCUT2D eigenvalue weighted by Crippen LogP contribution is 2.32. The zero-order valence-electron chi connectivity index (χ0n) is 15.2. The number of carbonyl (C=O) groups is 1. The number of hydrogen-bond donors (Lipinski definition) is 1. The molecule has 0 radical (unpaired) electrons. The van der Waals surface area contributed by atoms with Crippen LogP contribution < -0.4 is 10.1 Å². The molecule has 1 fully saturated rings. The maximum Gasteiger partial charge on any atom is 0.230 e. The van der Waals surface area contributed by atoms with Gasteiger partial charge in [0.1, 0.15) is 5.75 Å². The largest absolute Gasteiger partial charge is 0.497 e. The Hall–Kier alpha value is -2.28. The minimum Gasteiger partial charge on any atom is -0.497 e. The molecule has 3 aromatic rings. The van der Waals surface area contributed by atoms with Crippen LogP contribution in [-0.2, 0) is 4.79 Å². The van der Waals surface area contributed by atoms with E-state index >= 15 is 0 Å². The Balaban J connectivity index is 1.62. The molecule has 6 nitrogen and oxygen atoms in total. The van der Waals surface area contributed by atoms with Crippen molar-refractivity contribution in [1.82, 2.24) is 19.9 Å². The molecule has 0 unspecified atom stereocenters. The predicted molar refractivity (Wildman–Crippen MR) is 103 cm³/mol. The highest BCUT2D eigenvalue weighted by Gasteiger charge is 2.28. The van der Waals surface area contributed by atoms with Crippen LogP contribution in [0.5, 0.6) is 5.75 Å². The molecule has 1 aliphatic rings. The Labute approximate surface area is 156 Å². The summed E-state index contributed by atoms with van der Waals surface area (Å²) in [5.41, 5.74) is 2.89. The topological polar surface area (TPSA) is 68.5 Å². The van der Waals surface area contributed by atoms with E-state index in [0.29, 0.717) is 16.8 Å². The second-order valence-corrected chi connectivity index (χ2v) is 7.81. The summed E-state index contributed by atoms with van der Waals surface area (Å²) in [6.07, 6.45) is 2.44. The molecule has 2 aromatic heterocycles. The minimum absolute atomic E-state index is 0.0418. The Morgan fingerprint density at radius 3 is 2.92 bits per heavy atom. The number of hydrogen-bond acceptors (Lipinski definition) is 5. The number of fused-ring (bicyclic) bond motifs is 3. The lowest BCUT2D eigenvalue weighted by molar-refractivity contribution is -0.119. The maximum absolute atomic E-state index is 12.2. The average molecular weight is 370 g/mol. The first-order chi connectivity index (χ1) is 12.6. The zero-order chi connectivity index (χ0) is 18.3. The van der Waals surface area contributed by atoms with Crippen LogP contribution in [0.3, 0.4) is 0 Å². The Morgan fingerprint density at radius 2 is 2.19 bits per heavy atom. The van der Waals surface area contributed by atoms with E-state index in [1.54, 1.807) is 7.11 Å². The maximum atomic E-state index is 12.2. The fraction of sp³-hybridized carbons (Fsp3) is 0.421. The van der Waals surface area contributed by atoms with Gasteiger partial charge in [0.05, 0.1) is 18.4 Å². The third-order valence-corrected chi connectivity index (χ3v) is 5.85. The normalized spacial score (nSPS) is 15.3. The molecule has 0 spiro atoms. The van der Waals surface area contributed by atoms with Gasteiger partial charge in [-0.25, -0.2) is 0 Å². The quantitative estimate of drug-likeness (QED) is 0.675. The molecule has 0 aliphatic heterocycles. The van der Waals surface area contributed by atoms with Crippen LogP contribution in [0.2, 0.25) is 0 Å². The first kappa shape index (κ1) is 17.1. The Bertz CT molecular complexity index is 980. The van der Waals surface area contributed by atoms with E-state index in [1.165, 1.54) is 24.6 Å². The van der Waals surface area contributed by atoms with Gasteiger partial charge in [-0.2, -0.15) is 0 Å². The second-order valence-electron chi connectivity index (χ2n) is 6.87. The highest BCUT2D eigenvalue weighted by atomic mass is 32.2. The van der Waals surface area contributed by atoms with Gasteiger partial charge in [-0.1, -0.05) is 11.8 Å². The number of amides is 1. The summed E-state index contributed by atoms with van der Waals surface area (Å²) in [6, 6.07) is 8.25. The Kier molecular flexibility index (Phi) is 4.48. The van der Waals surface area contributed by atoms with Gasteiger partial charge in [0.25, 0.3) is 0 Å². The van der Waals surface area contributed by atoms with Crippen LogP contribution in [0, 0.1) is 12.8 Å². The SMILES string of the molecule is COc1ccc2c(C)cc3nnc(SCC(=O)N[C@H](C)C4CC4)n3c2c1. The first-order valence-corrected chi connectivity index (χ1v) is 9.80. The van der Waals surface area contributed by atoms with Crippen LogP contribution in [-0.4, -0.2) is 39.4 Å². The van der Waals surface area contributed by atoms with Crippen molar-refractivity contribution >= 4 is 34.2 Å². The summed E-state index contributed by atoms with van der Waals surface area (Å²) < 4.78 is 7.37. The van der Waals surface area contributed by atoms with Crippen LogP contribution in [0.4, 0.5) is 0 Å². The van der Waals surface area contributed by atoms with Crippen molar-refractivity contribution < 1.29 is 9.53 Å². The van der Waals surface area contributed by atoms with E-state index in [0.717, 1.165) is 27.9 Å². The minimum atomic E-state index is 0.0418. The van der Waals surface area contributed by atoms with E-state index in [1.807, 2.05) is 28.7 Å². The van der Waals surface area contributed by atoms with E-state index in [4.69, 9.17) is 4.74 Å². The number of carbonyl (C=O) groups excluding carboxylic acids is 1. The molecule has 136 valence electrons. The highest BCUT2D eigenvalue weighted by molar-refractivity contribution is 7.99. The van der Waals surface area contributed by atoms with Crippen molar-refractivity contribution in [3.63, 3.8) is 0 Å². The van der Waals surface area contributed by atoms with Gasteiger partial charge in [-0.05, 0) is 56.4 Å². The van der Waals surface area contributed by atoms with Crippen molar-refractivity contribution in [3.8, 4) is 5.75 Å². The van der Waals surface area contributed by atoms with Gasteiger partial charge in [-0.15, -0.1) is 10.2 Å². The first-order valence-electron chi connectivity index (χ1n) is 8.81. The lowest BCUT2D eigenvalue weighted by Crippen LogP contribution is -2.35. The number of aryl methyl sites for hydroxylation is 1. The summed E-state index contributed by atoms with van der Waals surface area (Å²) in [4.78, 5) is 12.2. The number of nitrogens with zero attached hydrogens (tertiary/aromatic N) is 3. The number of rotatable bonds is 6. The standard InChI is InChI=1S/C19H22N4O2S/c1-11-8-17-21-22-19(26-10-18(24)20-12(2)13-4-5-13)23(17)16-9-14(25-3)6-7-15(11)16/h6-9,12-13H,4-5,10H2,1-3H3,(H,20,24)/t12-/m1/s1. The van der Waals surface area contributed by atoms with E-state index in [2.05, 4.69) is 29.4 Å². The number of benzene rings is 1. The lowest BCUT2D eigenvalue weighted by Gasteiger charge is -2.12. The summed E-state index contributed by atoms with van der Waals surface area (Å²) in [7, 11) is 1.65. The van der Waals surface area contributed by atoms with Crippen molar-refractivity contribution in [1.29, 1.82) is 0 Å². The molecule has 26 heavy (non-hydrogen) atoms. The fourth-order valence-corrected chi connectivity index (χ4v) is 4.03. The number of thioether (sulfide) groups is 1. The van der Waals surface area contributed by atoms with Crippen LogP contribution >= 0.6 is 11.8 Å². The van der Waals surface area contributed by atoms with Gasteiger partial charge < -0.3 is 10.1 Å². The van der Waals surface area contributed by atoms with Gasteiger partial charge in [0.15, 0.2) is 10.8 Å². The molecule has 1 amide bonds. The average Bonchev–Trinajstić information content (AvgIpc) is 3.41. The molecule has 1 atom stereocenters. The number of pyridine rings is 1. The number of ether oxygens (including phenoxy) is 1. The molecule has 1 N–H and O–H groups in total. The summed E-state index contributed by atoms with van der Waals surface area (Å²) >= 11 is 1.41. The van der Waals surface area contributed by atoms with E-state index < -0.39 is 0 Å². The third kappa shape index (κ3) is 3.23. The number of nitrogens with one attached hydrogen (secondary N) is 1. The molecule has 1 aromatic carbocycles. The molecule has 0 saturated heterocycles. The number of aromatic nitrogens is 3. The smallest absolute Gasteiger partial charge is 0.230 e.